The number of aromatic nitrogens is 2. The Balaban J connectivity index is 2.30. The smallest absolute Gasteiger partial charge is 0.124 e. The summed E-state index contributed by atoms with van der Waals surface area (Å²) in [6.07, 6.45) is 2.34. The Morgan fingerprint density at radius 1 is 1.53 bits per heavy atom. The quantitative estimate of drug-likeness (QED) is 0.884. The number of rotatable bonds is 3. The van der Waals surface area contributed by atoms with Gasteiger partial charge in [-0.05, 0) is 25.1 Å². The van der Waals surface area contributed by atoms with Gasteiger partial charge in [-0.15, -0.1) is 0 Å². The van der Waals surface area contributed by atoms with Crippen LogP contribution in [0.15, 0.2) is 24.4 Å². The van der Waals surface area contributed by atoms with Gasteiger partial charge in [0.1, 0.15) is 11.6 Å². The molecule has 0 bridgehead atoms. The van der Waals surface area contributed by atoms with E-state index in [9.17, 15) is 4.39 Å². The summed E-state index contributed by atoms with van der Waals surface area (Å²) in [4.78, 5) is 7.33. The number of nitrogens with two attached hydrogens (primary N) is 1. The third kappa shape index (κ3) is 2.84. The molecule has 0 saturated heterocycles. The topological polar surface area (TPSA) is 54.7 Å². The zero-order valence-electron chi connectivity index (χ0n) is 9.37. The SMILES string of the molecule is CC(N)Cc1ncc(-c2ccc(F)cc2Cl)[nH]1. The van der Waals surface area contributed by atoms with Crippen molar-refractivity contribution < 1.29 is 4.39 Å². The molecule has 5 heteroatoms. The Bertz CT molecular complexity index is 522. The highest BCUT2D eigenvalue weighted by Gasteiger charge is 2.09. The molecule has 3 nitrogen and oxygen atoms in total. The largest absolute Gasteiger partial charge is 0.342 e. The van der Waals surface area contributed by atoms with Gasteiger partial charge < -0.3 is 10.7 Å². The fraction of sp³-hybridized carbons (Fsp3) is 0.250. The van der Waals surface area contributed by atoms with Crippen LogP contribution in [0.3, 0.4) is 0 Å². The zero-order valence-corrected chi connectivity index (χ0v) is 10.1. The molecule has 1 atom stereocenters. The molecule has 0 fully saturated rings. The van der Waals surface area contributed by atoms with Crippen LogP contribution in [-0.2, 0) is 6.42 Å². The second-order valence-corrected chi connectivity index (χ2v) is 4.46. The summed E-state index contributed by atoms with van der Waals surface area (Å²) in [6.45, 7) is 1.91. The molecule has 2 rings (SSSR count). The predicted molar refractivity (Wildman–Crippen MR) is 66.3 cm³/mol. The van der Waals surface area contributed by atoms with Crippen molar-refractivity contribution in [2.75, 3.05) is 0 Å². The van der Waals surface area contributed by atoms with E-state index in [0.717, 1.165) is 17.1 Å². The van der Waals surface area contributed by atoms with Gasteiger partial charge in [0, 0.05) is 18.0 Å². The van der Waals surface area contributed by atoms with Crippen molar-refractivity contribution in [3.8, 4) is 11.3 Å². The van der Waals surface area contributed by atoms with Gasteiger partial charge in [0.25, 0.3) is 0 Å². The van der Waals surface area contributed by atoms with Crippen LogP contribution in [0.5, 0.6) is 0 Å². The number of aromatic amines is 1. The number of benzene rings is 1. The molecule has 1 heterocycles. The lowest BCUT2D eigenvalue weighted by Crippen LogP contribution is -2.18. The summed E-state index contributed by atoms with van der Waals surface area (Å²) in [6, 6.07) is 4.31. The highest BCUT2D eigenvalue weighted by Crippen LogP contribution is 2.27. The van der Waals surface area contributed by atoms with E-state index in [1.54, 1.807) is 12.3 Å². The molecule has 0 saturated carbocycles. The first-order valence-corrected chi connectivity index (χ1v) is 5.69. The molecule has 2 aromatic rings. The summed E-state index contributed by atoms with van der Waals surface area (Å²) in [5.41, 5.74) is 7.19. The molecular formula is C12H13ClFN3. The molecule has 0 spiro atoms. The normalized spacial score (nSPS) is 12.7. The van der Waals surface area contributed by atoms with Gasteiger partial charge in [-0.2, -0.15) is 0 Å². The number of hydrogen-bond donors (Lipinski definition) is 2. The third-order valence-corrected chi connectivity index (χ3v) is 2.68. The first-order valence-electron chi connectivity index (χ1n) is 5.31. The van der Waals surface area contributed by atoms with Gasteiger partial charge in [0.05, 0.1) is 16.9 Å². The van der Waals surface area contributed by atoms with E-state index in [4.69, 9.17) is 17.3 Å². The Morgan fingerprint density at radius 2 is 2.29 bits per heavy atom. The van der Waals surface area contributed by atoms with E-state index < -0.39 is 0 Å². The van der Waals surface area contributed by atoms with Gasteiger partial charge in [-0.3, -0.25) is 0 Å². The molecule has 1 unspecified atom stereocenters. The van der Waals surface area contributed by atoms with Crippen molar-refractivity contribution in [1.29, 1.82) is 0 Å². The van der Waals surface area contributed by atoms with Crippen LogP contribution in [0, 0.1) is 5.82 Å². The molecule has 0 aliphatic carbocycles. The molecule has 17 heavy (non-hydrogen) atoms. The fourth-order valence-electron chi connectivity index (χ4n) is 1.62. The van der Waals surface area contributed by atoms with Crippen LogP contribution in [0.1, 0.15) is 12.7 Å². The number of halogens is 2. The van der Waals surface area contributed by atoms with Gasteiger partial charge in [0.2, 0.25) is 0 Å². The van der Waals surface area contributed by atoms with Gasteiger partial charge in [0.15, 0.2) is 0 Å². The number of hydrogen-bond acceptors (Lipinski definition) is 2. The Labute approximate surface area is 104 Å². The fourth-order valence-corrected chi connectivity index (χ4v) is 1.88. The number of imidazole rings is 1. The summed E-state index contributed by atoms with van der Waals surface area (Å²) >= 11 is 5.97. The highest BCUT2D eigenvalue weighted by atomic mass is 35.5. The lowest BCUT2D eigenvalue weighted by Gasteiger charge is -2.02. The second kappa shape index (κ2) is 4.85. The van der Waals surface area contributed by atoms with Crippen molar-refractivity contribution in [3.05, 3.63) is 41.1 Å². The first kappa shape index (κ1) is 12.1. The van der Waals surface area contributed by atoms with Crippen LogP contribution in [0.25, 0.3) is 11.3 Å². The molecule has 90 valence electrons. The van der Waals surface area contributed by atoms with Crippen molar-refractivity contribution in [1.82, 2.24) is 9.97 Å². The molecule has 0 amide bonds. The Morgan fingerprint density at radius 3 is 2.94 bits per heavy atom. The lowest BCUT2D eigenvalue weighted by atomic mass is 10.1. The Kier molecular flexibility index (Phi) is 3.45. The summed E-state index contributed by atoms with van der Waals surface area (Å²) in [5.74, 6) is 0.449. The van der Waals surface area contributed by atoms with Crippen LogP contribution in [0.4, 0.5) is 4.39 Å². The van der Waals surface area contributed by atoms with Crippen molar-refractivity contribution >= 4 is 11.6 Å². The molecular weight excluding hydrogens is 241 g/mol. The molecule has 0 radical (unpaired) electrons. The van der Waals surface area contributed by atoms with Crippen LogP contribution in [-0.4, -0.2) is 16.0 Å². The minimum Gasteiger partial charge on any atom is -0.342 e. The maximum atomic E-state index is 12.9. The van der Waals surface area contributed by atoms with Gasteiger partial charge >= 0.3 is 0 Å². The van der Waals surface area contributed by atoms with Gasteiger partial charge in [-0.1, -0.05) is 11.6 Å². The highest BCUT2D eigenvalue weighted by molar-refractivity contribution is 6.33. The van der Waals surface area contributed by atoms with E-state index in [0.29, 0.717) is 11.4 Å². The molecule has 1 aromatic heterocycles. The maximum absolute atomic E-state index is 12.9. The average Bonchev–Trinajstić information content (AvgIpc) is 2.65. The van der Waals surface area contributed by atoms with Gasteiger partial charge in [-0.25, -0.2) is 9.37 Å². The molecule has 3 N–H and O–H groups in total. The third-order valence-electron chi connectivity index (χ3n) is 2.37. The van der Waals surface area contributed by atoms with E-state index in [2.05, 4.69) is 9.97 Å². The van der Waals surface area contributed by atoms with Crippen LogP contribution in [0.2, 0.25) is 5.02 Å². The molecule has 0 aliphatic rings. The maximum Gasteiger partial charge on any atom is 0.124 e. The molecule has 0 aliphatic heterocycles. The van der Waals surface area contributed by atoms with Crippen molar-refractivity contribution in [2.24, 2.45) is 5.73 Å². The second-order valence-electron chi connectivity index (χ2n) is 4.05. The minimum absolute atomic E-state index is 0.0395. The number of nitrogens with zero attached hydrogens (tertiary/aromatic N) is 1. The van der Waals surface area contributed by atoms with Crippen LogP contribution < -0.4 is 5.73 Å². The standard InChI is InChI=1S/C12H13ClFN3/c1-7(15)4-12-16-6-11(17-12)9-3-2-8(14)5-10(9)13/h2-3,5-7H,4,15H2,1H3,(H,16,17). The number of H-pyrrole nitrogens is 1. The summed E-state index contributed by atoms with van der Waals surface area (Å²) in [5, 5.41) is 0.362. The minimum atomic E-state index is -0.353. The van der Waals surface area contributed by atoms with E-state index in [-0.39, 0.29) is 11.9 Å². The van der Waals surface area contributed by atoms with E-state index >= 15 is 0 Å². The lowest BCUT2D eigenvalue weighted by molar-refractivity contribution is 0.628. The predicted octanol–water partition coefficient (Wildman–Crippen LogP) is 2.76. The monoisotopic (exact) mass is 253 g/mol. The van der Waals surface area contributed by atoms with Crippen molar-refractivity contribution in [3.63, 3.8) is 0 Å². The van der Waals surface area contributed by atoms with E-state index in [1.165, 1.54) is 12.1 Å². The number of nitrogens with one attached hydrogen (secondary N) is 1. The van der Waals surface area contributed by atoms with Crippen molar-refractivity contribution in [2.45, 2.75) is 19.4 Å². The van der Waals surface area contributed by atoms with E-state index in [1.807, 2.05) is 6.92 Å². The average molecular weight is 254 g/mol. The Hall–Kier alpha value is -1.39. The molecule has 1 aromatic carbocycles. The zero-order chi connectivity index (χ0) is 12.4. The van der Waals surface area contributed by atoms with Crippen LogP contribution >= 0.6 is 11.6 Å². The first-order chi connectivity index (χ1) is 8.06. The summed E-state index contributed by atoms with van der Waals surface area (Å²) < 4.78 is 12.9. The summed E-state index contributed by atoms with van der Waals surface area (Å²) in [7, 11) is 0.